The zero-order valence-electron chi connectivity index (χ0n) is 17.4. The van der Waals surface area contributed by atoms with Crippen LogP contribution in [0.25, 0.3) is 16.8 Å². The highest BCUT2D eigenvalue weighted by molar-refractivity contribution is 6.16. The van der Waals surface area contributed by atoms with Crippen LogP contribution >= 0.6 is 0 Å². The Kier molecular flexibility index (Phi) is 3.77. The van der Waals surface area contributed by atoms with E-state index in [-0.39, 0.29) is 5.91 Å². The molecular formula is C27H22N2O2. The van der Waals surface area contributed by atoms with Crippen LogP contribution in [0.2, 0.25) is 0 Å². The van der Waals surface area contributed by atoms with E-state index < -0.39 is 12.1 Å². The van der Waals surface area contributed by atoms with Gasteiger partial charge in [0.2, 0.25) is 0 Å². The summed E-state index contributed by atoms with van der Waals surface area (Å²) in [5, 5.41) is 11.3. The zero-order valence-corrected chi connectivity index (χ0v) is 17.4. The second-order valence-electron chi connectivity index (χ2n) is 8.50. The fourth-order valence-corrected chi connectivity index (χ4v) is 5.14. The predicted molar refractivity (Wildman–Crippen MR) is 123 cm³/mol. The maximum Gasteiger partial charge on any atom is 0.259 e. The van der Waals surface area contributed by atoms with Gasteiger partial charge in [-0.2, -0.15) is 0 Å². The zero-order chi connectivity index (χ0) is 21.3. The summed E-state index contributed by atoms with van der Waals surface area (Å²) in [6, 6.07) is 23.7. The molecule has 0 bridgehead atoms. The van der Waals surface area contributed by atoms with Crippen molar-refractivity contribution in [3.8, 4) is 0 Å². The van der Waals surface area contributed by atoms with Gasteiger partial charge in [-0.3, -0.25) is 9.69 Å². The predicted octanol–water partition coefficient (Wildman–Crippen LogP) is 4.59. The first-order valence-corrected chi connectivity index (χ1v) is 10.5. The number of allylic oxidation sites excluding steroid dienone is 2. The number of aliphatic hydroxyl groups is 1. The fourth-order valence-electron chi connectivity index (χ4n) is 5.14. The molecule has 0 saturated heterocycles. The number of amides is 1. The van der Waals surface area contributed by atoms with Gasteiger partial charge in [0.15, 0.2) is 0 Å². The van der Waals surface area contributed by atoms with Crippen LogP contribution in [-0.4, -0.2) is 36.1 Å². The maximum atomic E-state index is 13.4. The van der Waals surface area contributed by atoms with Crippen LogP contribution in [0.5, 0.6) is 0 Å². The van der Waals surface area contributed by atoms with Crippen LogP contribution < -0.4 is 4.90 Å². The van der Waals surface area contributed by atoms with Crippen molar-refractivity contribution in [3.05, 3.63) is 107 Å². The van der Waals surface area contributed by atoms with E-state index in [4.69, 9.17) is 0 Å². The van der Waals surface area contributed by atoms with Crippen LogP contribution in [-0.2, 0) is 0 Å². The van der Waals surface area contributed by atoms with Gasteiger partial charge in [-0.25, -0.2) is 0 Å². The summed E-state index contributed by atoms with van der Waals surface area (Å²) in [6.07, 6.45) is 1.36. The lowest BCUT2D eigenvalue weighted by atomic mass is 9.88. The van der Waals surface area contributed by atoms with Gasteiger partial charge >= 0.3 is 0 Å². The van der Waals surface area contributed by atoms with Crippen LogP contribution in [0.1, 0.15) is 38.7 Å². The Morgan fingerprint density at radius 3 is 2.19 bits per heavy atom. The van der Waals surface area contributed by atoms with Gasteiger partial charge in [0.05, 0.1) is 11.7 Å². The molecule has 0 fully saturated rings. The molecule has 0 saturated carbocycles. The number of rotatable bonds is 2. The van der Waals surface area contributed by atoms with Gasteiger partial charge in [0.1, 0.15) is 6.10 Å². The monoisotopic (exact) mass is 406 g/mol. The molecule has 4 heteroatoms. The normalized spacial score (nSPS) is 20.8. The molecule has 2 aliphatic heterocycles. The van der Waals surface area contributed by atoms with E-state index in [2.05, 4.69) is 41.3 Å². The summed E-state index contributed by atoms with van der Waals surface area (Å²) in [7, 11) is 4.05. The topological polar surface area (TPSA) is 43.8 Å². The lowest BCUT2D eigenvalue weighted by Gasteiger charge is -2.34. The molecule has 3 aliphatic rings. The van der Waals surface area contributed by atoms with Gasteiger partial charge in [0.25, 0.3) is 5.91 Å². The number of hydrogen-bond donors (Lipinski definition) is 1. The van der Waals surface area contributed by atoms with Gasteiger partial charge < -0.3 is 10.0 Å². The van der Waals surface area contributed by atoms with E-state index in [0.29, 0.717) is 5.56 Å². The molecule has 1 aliphatic carbocycles. The largest absolute Gasteiger partial charge is 0.386 e. The molecule has 3 aromatic rings. The van der Waals surface area contributed by atoms with Crippen LogP contribution in [0.15, 0.2) is 78.9 Å². The highest BCUT2D eigenvalue weighted by Crippen LogP contribution is 2.53. The molecule has 0 unspecified atom stereocenters. The van der Waals surface area contributed by atoms with Crippen molar-refractivity contribution in [3.63, 3.8) is 0 Å². The first kappa shape index (κ1) is 18.2. The van der Waals surface area contributed by atoms with Crippen molar-refractivity contribution in [1.82, 2.24) is 4.90 Å². The van der Waals surface area contributed by atoms with E-state index in [1.165, 1.54) is 0 Å². The Labute approximate surface area is 181 Å². The summed E-state index contributed by atoms with van der Waals surface area (Å²) in [5.74, 6) is -0.0433. The number of anilines is 1. The summed E-state index contributed by atoms with van der Waals surface area (Å²) in [4.78, 5) is 17.2. The van der Waals surface area contributed by atoms with E-state index in [1.807, 2.05) is 56.6 Å². The molecule has 0 aromatic heterocycles. The first-order valence-electron chi connectivity index (χ1n) is 10.5. The molecule has 31 heavy (non-hydrogen) atoms. The first-order chi connectivity index (χ1) is 15.1. The van der Waals surface area contributed by atoms with Crippen molar-refractivity contribution in [2.45, 2.75) is 12.1 Å². The molecule has 6 rings (SSSR count). The van der Waals surface area contributed by atoms with E-state index in [0.717, 1.165) is 44.8 Å². The van der Waals surface area contributed by atoms with Gasteiger partial charge in [-0.15, -0.1) is 0 Å². The number of carbonyl (C=O) groups is 1. The SMILES string of the molecule is CN(C)c1ccc(C2=C3c4ccccc4[C@@H](O)[C@@H]3N3C(=O)c4ccccc4C3=C2)cc1. The Hall–Kier alpha value is -3.63. The molecule has 0 radical (unpaired) electrons. The second-order valence-corrected chi connectivity index (χ2v) is 8.50. The number of hydrogen-bond acceptors (Lipinski definition) is 3. The number of carbonyl (C=O) groups excluding carboxylic acids is 1. The van der Waals surface area contributed by atoms with E-state index >= 15 is 0 Å². The van der Waals surface area contributed by atoms with Crippen molar-refractivity contribution >= 4 is 28.4 Å². The number of benzene rings is 3. The molecular weight excluding hydrogens is 384 g/mol. The third kappa shape index (κ3) is 2.42. The van der Waals surface area contributed by atoms with Gasteiger partial charge in [-0.05, 0) is 52.1 Å². The molecule has 1 N–H and O–H groups in total. The third-order valence-corrected chi connectivity index (χ3v) is 6.62. The van der Waals surface area contributed by atoms with Crippen molar-refractivity contribution in [2.24, 2.45) is 0 Å². The van der Waals surface area contributed by atoms with Crippen LogP contribution in [0, 0.1) is 0 Å². The number of fused-ring (bicyclic) bond motifs is 7. The highest BCUT2D eigenvalue weighted by atomic mass is 16.3. The third-order valence-electron chi connectivity index (χ3n) is 6.62. The smallest absolute Gasteiger partial charge is 0.259 e. The summed E-state index contributed by atoms with van der Waals surface area (Å²) < 4.78 is 0. The standard InChI is InChI=1S/C27H22N2O2/c1-28(2)17-13-11-16(12-14-17)22-15-23-18-7-3-6-10-21(18)27(31)29(23)25-24(22)19-8-4-5-9-20(19)26(25)30/h3-15,25-26,30H,1-2H3/t25-,26-/m1/s1. The molecule has 2 atom stereocenters. The summed E-state index contributed by atoms with van der Waals surface area (Å²) in [5.41, 5.74) is 8.68. The Morgan fingerprint density at radius 1 is 0.839 bits per heavy atom. The van der Waals surface area contributed by atoms with Crippen molar-refractivity contribution in [1.29, 1.82) is 0 Å². The van der Waals surface area contributed by atoms with E-state index in [1.54, 1.807) is 4.90 Å². The Morgan fingerprint density at radius 2 is 1.48 bits per heavy atom. The average Bonchev–Trinajstić information content (AvgIpc) is 3.26. The minimum atomic E-state index is -0.760. The van der Waals surface area contributed by atoms with Crippen molar-refractivity contribution in [2.75, 3.05) is 19.0 Å². The lowest BCUT2D eigenvalue weighted by molar-refractivity contribution is 0.0690. The van der Waals surface area contributed by atoms with Gasteiger partial charge in [-0.1, -0.05) is 54.6 Å². The van der Waals surface area contributed by atoms with Crippen LogP contribution in [0.3, 0.4) is 0 Å². The van der Waals surface area contributed by atoms with Crippen molar-refractivity contribution < 1.29 is 9.90 Å². The average molecular weight is 406 g/mol. The number of nitrogens with zero attached hydrogens (tertiary/aromatic N) is 2. The summed E-state index contributed by atoms with van der Waals surface area (Å²) in [6.45, 7) is 0. The number of aliphatic hydroxyl groups excluding tert-OH is 1. The second kappa shape index (κ2) is 6.43. The van der Waals surface area contributed by atoms with E-state index in [9.17, 15) is 9.90 Å². The summed E-state index contributed by atoms with van der Waals surface area (Å²) >= 11 is 0. The lowest BCUT2D eigenvalue weighted by Crippen LogP contribution is -2.39. The highest BCUT2D eigenvalue weighted by Gasteiger charge is 2.49. The molecule has 1 amide bonds. The molecule has 0 spiro atoms. The molecule has 152 valence electrons. The Balaban J connectivity index is 1.63. The molecule has 3 aromatic carbocycles. The molecule has 4 nitrogen and oxygen atoms in total. The van der Waals surface area contributed by atoms with Crippen LogP contribution in [0.4, 0.5) is 5.69 Å². The fraction of sp³-hybridized carbons (Fsp3) is 0.148. The quantitative estimate of drug-likeness (QED) is 0.677. The minimum absolute atomic E-state index is 0.0433. The maximum absolute atomic E-state index is 13.4. The minimum Gasteiger partial charge on any atom is -0.386 e. The van der Waals surface area contributed by atoms with Gasteiger partial charge in [0, 0.05) is 30.9 Å². The Bertz CT molecular complexity index is 1300. The molecule has 2 heterocycles.